The highest BCUT2D eigenvalue weighted by Gasteiger charge is 2.25. The van der Waals surface area contributed by atoms with Crippen LogP contribution < -0.4 is 14.8 Å². The largest absolute Gasteiger partial charge is 0.493 e. The fourth-order valence-corrected chi connectivity index (χ4v) is 3.71. The number of nitrogens with zero attached hydrogens (tertiary/aromatic N) is 1. The van der Waals surface area contributed by atoms with Crippen LogP contribution >= 0.6 is 0 Å². The van der Waals surface area contributed by atoms with Gasteiger partial charge in [-0.2, -0.15) is 5.26 Å². The Morgan fingerprint density at radius 2 is 1.77 bits per heavy atom. The molecule has 2 aromatic rings. The molecule has 1 aliphatic carbocycles. The maximum atomic E-state index is 12.9. The Bertz CT molecular complexity index is 990. The van der Waals surface area contributed by atoms with Gasteiger partial charge in [-0.05, 0) is 30.5 Å². The average Bonchev–Trinajstić information content (AvgIpc) is 2.82. The fraction of sp³-hybridized carbons (Fsp3) is 0.375. The maximum Gasteiger partial charge on any atom is 0.340 e. The van der Waals surface area contributed by atoms with Crippen LogP contribution in [0.2, 0.25) is 0 Å². The third kappa shape index (κ3) is 5.54. The molecule has 0 aromatic heterocycles. The standard InChI is InChI=1S/C24H26N2O5/c1-29-21-12-19(24(28)31-15-17-8-6-7-16(11-17)14-25)20(13-22(21)30-2)26-23(27)18-9-4-3-5-10-18/h6-8,11-13,18H,3-5,9-10,15H2,1-2H3,(H,26,27). The second-order valence-corrected chi connectivity index (χ2v) is 7.47. The van der Waals surface area contributed by atoms with E-state index < -0.39 is 5.97 Å². The number of benzene rings is 2. The Morgan fingerprint density at radius 3 is 2.45 bits per heavy atom. The Morgan fingerprint density at radius 1 is 1.06 bits per heavy atom. The van der Waals surface area contributed by atoms with E-state index in [1.807, 2.05) is 0 Å². The minimum atomic E-state index is -0.609. The fourth-order valence-electron chi connectivity index (χ4n) is 3.71. The topological polar surface area (TPSA) is 97.6 Å². The summed E-state index contributed by atoms with van der Waals surface area (Å²) in [6.45, 7) is -0.00128. The highest BCUT2D eigenvalue weighted by Crippen LogP contribution is 2.35. The number of rotatable bonds is 7. The van der Waals surface area contributed by atoms with Crippen LogP contribution in [-0.2, 0) is 16.1 Å². The van der Waals surface area contributed by atoms with Crippen molar-refractivity contribution in [1.29, 1.82) is 5.26 Å². The maximum absolute atomic E-state index is 12.9. The number of esters is 1. The molecule has 7 nitrogen and oxygen atoms in total. The van der Waals surface area contributed by atoms with E-state index in [0.29, 0.717) is 28.3 Å². The van der Waals surface area contributed by atoms with E-state index in [1.54, 1.807) is 30.3 Å². The molecule has 0 spiro atoms. The molecule has 2 aromatic carbocycles. The monoisotopic (exact) mass is 422 g/mol. The molecular formula is C24H26N2O5. The van der Waals surface area contributed by atoms with Crippen LogP contribution in [0.15, 0.2) is 36.4 Å². The van der Waals surface area contributed by atoms with Crippen LogP contribution in [0, 0.1) is 17.2 Å². The highest BCUT2D eigenvalue weighted by molar-refractivity contribution is 6.02. The second-order valence-electron chi connectivity index (χ2n) is 7.47. The number of hydrogen-bond acceptors (Lipinski definition) is 6. The van der Waals surface area contributed by atoms with Gasteiger partial charge in [-0.3, -0.25) is 4.79 Å². The second kappa shape index (κ2) is 10.5. The van der Waals surface area contributed by atoms with E-state index in [4.69, 9.17) is 19.5 Å². The number of methoxy groups -OCH3 is 2. The van der Waals surface area contributed by atoms with Crippen LogP contribution in [0.25, 0.3) is 0 Å². The first-order valence-electron chi connectivity index (χ1n) is 10.3. The summed E-state index contributed by atoms with van der Waals surface area (Å²) < 4.78 is 16.1. The van der Waals surface area contributed by atoms with Gasteiger partial charge in [0.25, 0.3) is 0 Å². The van der Waals surface area contributed by atoms with Gasteiger partial charge in [0.2, 0.25) is 5.91 Å². The summed E-state index contributed by atoms with van der Waals surface area (Å²) in [6.07, 6.45) is 4.88. The summed E-state index contributed by atoms with van der Waals surface area (Å²) in [5.74, 6) is -0.0271. The first-order chi connectivity index (χ1) is 15.0. The third-order valence-electron chi connectivity index (χ3n) is 5.40. The average molecular weight is 422 g/mol. The lowest BCUT2D eigenvalue weighted by atomic mass is 9.88. The Balaban J connectivity index is 1.82. The first-order valence-corrected chi connectivity index (χ1v) is 10.3. The molecule has 7 heteroatoms. The highest BCUT2D eigenvalue weighted by atomic mass is 16.5. The summed E-state index contributed by atoms with van der Waals surface area (Å²) >= 11 is 0. The van der Waals surface area contributed by atoms with E-state index in [1.165, 1.54) is 20.3 Å². The molecular weight excluding hydrogens is 396 g/mol. The minimum Gasteiger partial charge on any atom is -0.493 e. The Labute approximate surface area is 181 Å². The zero-order valence-corrected chi connectivity index (χ0v) is 17.8. The van der Waals surface area contributed by atoms with Crippen molar-refractivity contribution in [2.45, 2.75) is 38.7 Å². The molecule has 1 aliphatic rings. The van der Waals surface area contributed by atoms with Crippen LogP contribution in [0.4, 0.5) is 5.69 Å². The molecule has 0 aliphatic heterocycles. The lowest BCUT2D eigenvalue weighted by molar-refractivity contribution is -0.120. The molecule has 1 N–H and O–H groups in total. The Kier molecular flexibility index (Phi) is 7.50. The molecule has 1 saturated carbocycles. The number of ether oxygens (including phenoxy) is 3. The molecule has 0 heterocycles. The van der Waals surface area contributed by atoms with Crippen molar-refractivity contribution in [2.75, 3.05) is 19.5 Å². The molecule has 31 heavy (non-hydrogen) atoms. The van der Waals surface area contributed by atoms with Gasteiger partial charge in [-0.1, -0.05) is 31.4 Å². The smallest absolute Gasteiger partial charge is 0.340 e. The van der Waals surface area contributed by atoms with E-state index >= 15 is 0 Å². The summed E-state index contributed by atoms with van der Waals surface area (Å²) in [5.41, 5.74) is 1.68. The summed E-state index contributed by atoms with van der Waals surface area (Å²) in [6, 6.07) is 12.0. The van der Waals surface area contributed by atoms with Crippen molar-refractivity contribution in [3.8, 4) is 17.6 Å². The first kappa shape index (κ1) is 22.2. The van der Waals surface area contributed by atoms with Crippen molar-refractivity contribution in [3.05, 3.63) is 53.1 Å². The van der Waals surface area contributed by atoms with E-state index in [0.717, 1.165) is 32.1 Å². The molecule has 3 rings (SSSR count). The van der Waals surface area contributed by atoms with Crippen LogP contribution in [0.1, 0.15) is 53.6 Å². The molecule has 0 saturated heterocycles. The molecule has 0 bridgehead atoms. The molecule has 0 radical (unpaired) electrons. The van der Waals surface area contributed by atoms with Gasteiger partial charge in [-0.15, -0.1) is 0 Å². The molecule has 0 unspecified atom stereocenters. The number of nitrogens with one attached hydrogen (secondary N) is 1. The van der Waals surface area contributed by atoms with Crippen molar-refractivity contribution in [3.63, 3.8) is 0 Å². The van der Waals surface area contributed by atoms with Crippen LogP contribution in [-0.4, -0.2) is 26.1 Å². The minimum absolute atomic E-state index is 0.00128. The zero-order valence-electron chi connectivity index (χ0n) is 17.8. The molecule has 1 amide bonds. The van der Waals surface area contributed by atoms with Gasteiger partial charge >= 0.3 is 5.97 Å². The predicted octanol–water partition coefficient (Wildman–Crippen LogP) is 4.45. The summed E-state index contributed by atoms with van der Waals surface area (Å²) in [5, 5.41) is 11.9. The van der Waals surface area contributed by atoms with Gasteiger partial charge in [0.05, 0.1) is 37.1 Å². The number of hydrogen-bond donors (Lipinski definition) is 1. The van der Waals surface area contributed by atoms with Crippen LogP contribution in [0.3, 0.4) is 0 Å². The van der Waals surface area contributed by atoms with E-state index in [9.17, 15) is 9.59 Å². The molecule has 1 fully saturated rings. The summed E-state index contributed by atoms with van der Waals surface area (Å²) in [4.78, 5) is 25.7. The summed E-state index contributed by atoms with van der Waals surface area (Å²) in [7, 11) is 2.96. The third-order valence-corrected chi connectivity index (χ3v) is 5.40. The normalized spacial score (nSPS) is 13.7. The number of anilines is 1. The number of amides is 1. The van der Waals surface area contributed by atoms with Crippen molar-refractivity contribution in [2.24, 2.45) is 5.92 Å². The van der Waals surface area contributed by atoms with Gasteiger partial charge < -0.3 is 19.5 Å². The predicted molar refractivity (Wildman–Crippen MR) is 115 cm³/mol. The number of nitriles is 1. The van der Waals surface area contributed by atoms with Gasteiger partial charge in [-0.25, -0.2) is 4.79 Å². The van der Waals surface area contributed by atoms with Crippen molar-refractivity contribution in [1.82, 2.24) is 0 Å². The van der Waals surface area contributed by atoms with Crippen molar-refractivity contribution < 1.29 is 23.8 Å². The molecule has 0 atom stereocenters. The number of carbonyl (C=O) groups excluding carboxylic acids is 2. The van der Waals surface area contributed by atoms with Crippen LogP contribution in [0.5, 0.6) is 11.5 Å². The SMILES string of the molecule is COc1cc(NC(=O)C2CCCCC2)c(C(=O)OCc2cccc(C#N)c2)cc1OC. The van der Waals surface area contributed by atoms with Gasteiger partial charge in [0.15, 0.2) is 11.5 Å². The van der Waals surface area contributed by atoms with Gasteiger partial charge in [0, 0.05) is 18.1 Å². The quantitative estimate of drug-likeness (QED) is 0.662. The van der Waals surface area contributed by atoms with E-state index in [2.05, 4.69) is 11.4 Å². The lowest BCUT2D eigenvalue weighted by Crippen LogP contribution is -2.26. The van der Waals surface area contributed by atoms with Crippen molar-refractivity contribution >= 4 is 17.6 Å². The number of carbonyl (C=O) groups is 2. The molecule has 162 valence electrons. The zero-order chi connectivity index (χ0) is 22.2. The lowest BCUT2D eigenvalue weighted by Gasteiger charge is -2.22. The van der Waals surface area contributed by atoms with Gasteiger partial charge in [0.1, 0.15) is 6.61 Å². The van der Waals surface area contributed by atoms with E-state index in [-0.39, 0.29) is 24.0 Å². The Hall–Kier alpha value is -3.53.